The zero-order valence-electron chi connectivity index (χ0n) is 10.4. The Morgan fingerprint density at radius 2 is 1.88 bits per heavy atom. The van der Waals surface area contributed by atoms with Crippen LogP contribution in [0, 0.1) is 0 Å². The van der Waals surface area contributed by atoms with Crippen LogP contribution in [-0.4, -0.2) is 30.8 Å². The molecule has 0 N–H and O–H groups in total. The molecule has 0 spiro atoms. The number of rotatable bonds is 6. The summed E-state index contributed by atoms with van der Waals surface area (Å²) in [6, 6.07) is 9.57. The van der Waals surface area contributed by atoms with Gasteiger partial charge in [-0.1, -0.05) is 50.1 Å². The molecule has 0 aliphatic rings. The van der Waals surface area contributed by atoms with E-state index in [1.807, 2.05) is 49.3 Å². The summed E-state index contributed by atoms with van der Waals surface area (Å²) in [5, 5.41) is 0. The quantitative estimate of drug-likeness (QED) is 0.685. The average molecular weight is 219 g/mol. The van der Waals surface area contributed by atoms with Crippen molar-refractivity contribution in [3.05, 3.63) is 35.9 Å². The molecule has 1 atom stereocenters. The van der Waals surface area contributed by atoms with Gasteiger partial charge in [0.15, 0.2) is 5.78 Å². The van der Waals surface area contributed by atoms with E-state index in [-0.39, 0.29) is 11.8 Å². The number of unbranched alkanes of at least 4 members (excludes halogenated alkanes) is 1. The lowest BCUT2D eigenvalue weighted by atomic mass is 9.99. The lowest BCUT2D eigenvalue weighted by Crippen LogP contribution is -2.35. The molecule has 1 unspecified atom stereocenters. The Hall–Kier alpha value is -1.15. The number of Topliss-reactive ketones (excluding diaryl/α,β-unsaturated/α-hetero) is 1. The number of hydrogen-bond donors (Lipinski definition) is 0. The van der Waals surface area contributed by atoms with Gasteiger partial charge in [-0.15, -0.1) is 0 Å². The predicted molar refractivity (Wildman–Crippen MR) is 67.8 cm³/mol. The van der Waals surface area contributed by atoms with Crippen LogP contribution in [0.15, 0.2) is 30.3 Å². The van der Waals surface area contributed by atoms with Crippen molar-refractivity contribution in [1.82, 2.24) is 4.90 Å². The fourth-order valence-electron chi connectivity index (χ4n) is 1.82. The molecule has 0 heterocycles. The van der Waals surface area contributed by atoms with E-state index < -0.39 is 0 Å². The topological polar surface area (TPSA) is 20.3 Å². The molecule has 0 fully saturated rings. The first-order chi connectivity index (χ1) is 7.66. The molecule has 1 rings (SSSR count). The Labute approximate surface area is 98.3 Å². The van der Waals surface area contributed by atoms with Crippen LogP contribution >= 0.6 is 0 Å². The minimum Gasteiger partial charge on any atom is -0.299 e. The van der Waals surface area contributed by atoms with E-state index in [9.17, 15) is 4.79 Å². The van der Waals surface area contributed by atoms with Crippen molar-refractivity contribution < 1.29 is 4.79 Å². The summed E-state index contributed by atoms with van der Waals surface area (Å²) in [7, 11) is 3.95. The Kier molecular flexibility index (Phi) is 5.20. The number of hydrogen-bond acceptors (Lipinski definition) is 2. The van der Waals surface area contributed by atoms with Crippen molar-refractivity contribution in [2.75, 3.05) is 14.1 Å². The molecule has 1 aromatic carbocycles. The fourth-order valence-corrected chi connectivity index (χ4v) is 1.82. The van der Waals surface area contributed by atoms with Crippen molar-refractivity contribution in [1.29, 1.82) is 0 Å². The van der Waals surface area contributed by atoms with Crippen LogP contribution in [-0.2, 0) is 0 Å². The maximum absolute atomic E-state index is 12.3. The summed E-state index contributed by atoms with van der Waals surface area (Å²) in [6.45, 7) is 2.15. The van der Waals surface area contributed by atoms with E-state index in [0.717, 1.165) is 24.8 Å². The van der Waals surface area contributed by atoms with Gasteiger partial charge in [0.25, 0.3) is 0 Å². The van der Waals surface area contributed by atoms with Crippen molar-refractivity contribution in [2.24, 2.45) is 0 Å². The number of benzene rings is 1. The van der Waals surface area contributed by atoms with E-state index in [4.69, 9.17) is 0 Å². The number of likely N-dealkylation sites (N-methyl/N-ethyl adjacent to an activating group) is 1. The molecular formula is C14H21NO. The molecule has 0 saturated heterocycles. The molecule has 0 saturated carbocycles. The molecule has 88 valence electrons. The second-order valence-electron chi connectivity index (χ2n) is 4.35. The summed E-state index contributed by atoms with van der Waals surface area (Å²) in [5.41, 5.74) is 0.817. The van der Waals surface area contributed by atoms with Gasteiger partial charge in [-0.25, -0.2) is 0 Å². The molecule has 0 radical (unpaired) electrons. The van der Waals surface area contributed by atoms with E-state index in [2.05, 4.69) is 6.92 Å². The van der Waals surface area contributed by atoms with Crippen molar-refractivity contribution in [3.8, 4) is 0 Å². The fraction of sp³-hybridized carbons (Fsp3) is 0.500. The zero-order chi connectivity index (χ0) is 12.0. The molecular weight excluding hydrogens is 198 g/mol. The van der Waals surface area contributed by atoms with Gasteiger partial charge in [-0.3, -0.25) is 9.69 Å². The molecule has 16 heavy (non-hydrogen) atoms. The standard InChI is InChI=1S/C14H21NO/c1-4-5-11-13(15(2)3)14(16)12-9-7-6-8-10-12/h6-10,13H,4-5,11H2,1-3H3. The lowest BCUT2D eigenvalue weighted by Gasteiger charge is -2.22. The first kappa shape index (κ1) is 12.9. The van der Waals surface area contributed by atoms with Crippen LogP contribution in [0.5, 0.6) is 0 Å². The molecule has 0 aliphatic heterocycles. The molecule has 1 aromatic rings. The van der Waals surface area contributed by atoms with Crippen molar-refractivity contribution in [2.45, 2.75) is 32.2 Å². The molecule has 2 heteroatoms. The third kappa shape index (κ3) is 3.46. The highest BCUT2D eigenvalue weighted by Crippen LogP contribution is 2.12. The first-order valence-corrected chi connectivity index (χ1v) is 5.92. The molecule has 0 aliphatic carbocycles. The minimum absolute atomic E-state index is 0.0161. The van der Waals surface area contributed by atoms with Gasteiger partial charge in [0.05, 0.1) is 6.04 Å². The lowest BCUT2D eigenvalue weighted by molar-refractivity contribution is 0.0864. The molecule has 2 nitrogen and oxygen atoms in total. The SMILES string of the molecule is CCCCC(C(=O)c1ccccc1)N(C)C. The summed E-state index contributed by atoms with van der Waals surface area (Å²) in [5.74, 6) is 0.235. The van der Waals surface area contributed by atoms with Crippen LogP contribution < -0.4 is 0 Å². The van der Waals surface area contributed by atoms with Gasteiger partial charge in [0, 0.05) is 5.56 Å². The van der Waals surface area contributed by atoms with Crippen molar-refractivity contribution >= 4 is 5.78 Å². The molecule has 0 aromatic heterocycles. The summed E-state index contributed by atoms with van der Waals surface area (Å²) in [4.78, 5) is 14.3. The Morgan fingerprint density at radius 3 is 2.38 bits per heavy atom. The van der Waals surface area contributed by atoms with Gasteiger partial charge >= 0.3 is 0 Å². The summed E-state index contributed by atoms with van der Waals surface area (Å²) < 4.78 is 0. The first-order valence-electron chi connectivity index (χ1n) is 5.92. The van der Waals surface area contributed by atoms with E-state index in [0.29, 0.717) is 0 Å². The van der Waals surface area contributed by atoms with Gasteiger partial charge in [0.1, 0.15) is 0 Å². The highest BCUT2D eigenvalue weighted by Gasteiger charge is 2.20. The van der Waals surface area contributed by atoms with Crippen LogP contribution in [0.1, 0.15) is 36.5 Å². The Morgan fingerprint density at radius 1 is 1.25 bits per heavy atom. The maximum atomic E-state index is 12.3. The van der Waals surface area contributed by atoms with Crippen LogP contribution in [0.3, 0.4) is 0 Å². The van der Waals surface area contributed by atoms with Gasteiger partial charge < -0.3 is 0 Å². The van der Waals surface area contributed by atoms with Gasteiger partial charge in [-0.2, -0.15) is 0 Å². The molecule has 0 amide bonds. The monoisotopic (exact) mass is 219 g/mol. The minimum atomic E-state index is 0.0161. The second kappa shape index (κ2) is 6.44. The third-order valence-electron chi connectivity index (χ3n) is 2.82. The van der Waals surface area contributed by atoms with E-state index >= 15 is 0 Å². The third-order valence-corrected chi connectivity index (χ3v) is 2.82. The average Bonchev–Trinajstić information content (AvgIpc) is 2.30. The van der Waals surface area contributed by atoms with Crippen LogP contribution in [0.2, 0.25) is 0 Å². The second-order valence-corrected chi connectivity index (χ2v) is 4.35. The van der Waals surface area contributed by atoms with E-state index in [1.165, 1.54) is 0 Å². The smallest absolute Gasteiger partial charge is 0.179 e. The van der Waals surface area contributed by atoms with Crippen LogP contribution in [0.4, 0.5) is 0 Å². The number of carbonyl (C=O) groups excluding carboxylic acids is 1. The Balaban J connectivity index is 2.75. The Bertz CT molecular complexity index is 319. The number of carbonyl (C=O) groups is 1. The zero-order valence-corrected chi connectivity index (χ0v) is 10.4. The van der Waals surface area contributed by atoms with Crippen LogP contribution in [0.25, 0.3) is 0 Å². The van der Waals surface area contributed by atoms with E-state index in [1.54, 1.807) is 0 Å². The predicted octanol–water partition coefficient (Wildman–Crippen LogP) is 2.99. The van der Waals surface area contributed by atoms with Gasteiger partial charge in [-0.05, 0) is 20.5 Å². The highest BCUT2D eigenvalue weighted by molar-refractivity contribution is 6.00. The maximum Gasteiger partial charge on any atom is 0.179 e. The highest BCUT2D eigenvalue weighted by atomic mass is 16.1. The molecule has 0 bridgehead atoms. The normalized spacial score (nSPS) is 12.8. The summed E-state index contributed by atoms with van der Waals surface area (Å²) in [6.07, 6.45) is 3.17. The number of nitrogens with zero attached hydrogens (tertiary/aromatic N) is 1. The van der Waals surface area contributed by atoms with Gasteiger partial charge in [0.2, 0.25) is 0 Å². The number of ketones is 1. The summed E-state index contributed by atoms with van der Waals surface area (Å²) >= 11 is 0. The largest absolute Gasteiger partial charge is 0.299 e. The van der Waals surface area contributed by atoms with Crippen molar-refractivity contribution in [3.63, 3.8) is 0 Å².